The van der Waals surface area contributed by atoms with Gasteiger partial charge in [0.1, 0.15) is 5.82 Å². The summed E-state index contributed by atoms with van der Waals surface area (Å²) in [5, 5.41) is 8.06. The molecule has 0 amide bonds. The van der Waals surface area contributed by atoms with Crippen molar-refractivity contribution in [1.29, 1.82) is 0 Å². The average Bonchev–Trinajstić information content (AvgIpc) is 3.01. The molecule has 0 radical (unpaired) electrons. The first-order valence-electron chi connectivity index (χ1n) is 6.94. The van der Waals surface area contributed by atoms with Crippen molar-refractivity contribution < 1.29 is 4.74 Å². The first-order valence-corrected chi connectivity index (χ1v) is 6.94. The number of nitrogens with two attached hydrogens (primary N) is 1. The molecule has 18 heavy (non-hydrogen) atoms. The summed E-state index contributed by atoms with van der Waals surface area (Å²) in [6, 6.07) is 0.401. The lowest BCUT2D eigenvalue weighted by molar-refractivity contribution is 0.102. The molecular weight excluding hydrogens is 228 g/mol. The number of aryl methyl sites for hydroxylation is 2. The van der Waals surface area contributed by atoms with E-state index in [-0.39, 0.29) is 0 Å². The van der Waals surface area contributed by atoms with Crippen LogP contribution < -0.4 is 11.1 Å². The van der Waals surface area contributed by atoms with Crippen molar-refractivity contribution in [2.24, 2.45) is 0 Å². The van der Waals surface area contributed by atoms with Gasteiger partial charge in [-0.1, -0.05) is 6.92 Å². The molecule has 1 aromatic rings. The van der Waals surface area contributed by atoms with Gasteiger partial charge < -0.3 is 15.8 Å². The van der Waals surface area contributed by atoms with E-state index in [4.69, 9.17) is 10.5 Å². The van der Waals surface area contributed by atoms with Crippen LogP contribution in [0.4, 0.5) is 11.5 Å². The zero-order valence-electron chi connectivity index (χ0n) is 11.1. The van der Waals surface area contributed by atoms with Crippen LogP contribution in [0.2, 0.25) is 0 Å². The molecule has 2 aliphatic rings. The van der Waals surface area contributed by atoms with Crippen LogP contribution in [-0.2, 0) is 11.3 Å². The number of fused-ring (bicyclic) bond motifs is 2. The van der Waals surface area contributed by atoms with Crippen molar-refractivity contribution in [1.82, 2.24) is 9.78 Å². The third kappa shape index (κ3) is 1.86. The van der Waals surface area contributed by atoms with E-state index in [9.17, 15) is 0 Å². The predicted octanol–water partition coefficient (Wildman–Crippen LogP) is 1.92. The van der Waals surface area contributed by atoms with E-state index in [1.807, 2.05) is 11.6 Å². The molecule has 3 unspecified atom stereocenters. The lowest BCUT2D eigenvalue weighted by atomic mass is 9.95. The maximum atomic E-state index is 6.12. The predicted molar refractivity (Wildman–Crippen MR) is 71.6 cm³/mol. The molecule has 0 saturated carbocycles. The van der Waals surface area contributed by atoms with Gasteiger partial charge in [-0.3, -0.25) is 0 Å². The number of rotatable bonds is 4. The van der Waals surface area contributed by atoms with Crippen LogP contribution in [-0.4, -0.2) is 28.0 Å². The summed E-state index contributed by atoms with van der Waals surface area (Å²) in [5.41, 5.74) is 7.82. The first-order chi connectivity index (χ1) is 8.69. The van der Waals surface area contributed by atoms with Crippen LogP contribution in [0.3, 0.4) is 0 Å². The van der Waals surface area contributed by atoms with Gasteiger partial charge in [-0.2, -0.15) is 5.10 Å². The van der Waals surface area contributed by atoms with Gasteiger partial charge in [-0.15, -0.1) is 0 Å². The van der Waals surface area contributed by atoms with Crippen LogP contribution >= 0.6 is 0 Å². The Labute approximate surface area is 108 Å². The second-order valence-corrected chi connectivity index (χ2v) is 5.43. The number of hydrogen-bond donors (Lipinski definition) is 2. The fourth-order valence-electron chi connectivity index (χ4n) is 3.09. The maximum Gasteiger partial charge on any atom is 0.148 e. The molecular formula is C13H22N4O. The Kier molecular flexibility index (Phi) is 2.93. The average molecular weight is 250 g/mol. The summed E-state index contributed by atoms with van der Waals surface area (Å²) in [4.78, 5) is 0. The minimum atomic E-state index is 0.361. The van der Waals surface area contributed by atoms with E-state index in [0.717, 1.165) is 36.6 Å². The number of nitrogen functional groups attached to an aromatic ring is 1. The summed E-state index contributed by atoms with van der Waals surface area (Å²) in [5.74, 6) is 0.982. The molecule has 2 saturated heterocycles. The highest BCUT2D eigenvalue weighted by Gasteiger charge is 2.41. The Morgan fingerprint density at radius 3 is 2.94 bits per heavy atom. The summed E-state index contributed by atoms with van der Waals surface area (Å²) in [6.07, 6.45) is 5.36. The largest absolute Gasteiger partial charge is 0.394 e. The first kappa shape index (κ1) is 11.8. The molecule has 0 aromatic carbocycles. The van der Waals surface area contributed by atoms with Crippen LogP contribution in [0, 0.1) is 6.92 Å². The van der Waals surface area contributed by atoms with Crippen LogP contribution in [0.5, 0.6) is 0 Å². The third-order valence-corrected chi connectivity index (χ3v) is 4.04. The molecule has 3 rings (SSSR count). The molecule has 3 atom stereocenters. The zero-order valence-corrected chi connectivity index (χ0v) is 11.1. The van der Waals surface area contributed by atoms with E-state index in [1.165, 1.54) is 12.8 Å². The smallest absolute Gasteiger partial charge is 0.148 e. The lowest BCUT2D eigenvalue weighted by Crippen LogP contribution is -2.31. The number of hydrogen-bond acceptors (Lipinski definition) is 4. The number of ether oxygens (including phenoxy) is 1. The molecule has 2 bridgehead atoms. The standard InChI is InChI=1S/C13H22N4O/c1-3-6-17-13(12(14)8(2)16-17)15-10-7-9-4-5-11(10)18-9/h9-11,15H,3-7,14H2,1-2H3. The normalized spacial score (nSPS) is 30.0. The molecule has 0 aliphatic carbocycles. The van der Waals surface area contributed by atoms with Gasteiger partial charge in [-0.25, -0.2) is 4.68 Å². The van der Waals surface area contributed by atoms with Gasteiger partial charge >= 0.3 is 0 Å². The Morgan fingerprint density at radius 1 is 1.50 bits per heavy atom. The van der Waals surface area contributed by atoms with Crippen molar-refractivity contribution in [2.75, 3.05) is 11.1 Å². The lowest BCUT2D eigenvalue weighted by Gasteiger charge is -2.22. The zero-order chi connectivity index (χ0) is 12.7. The molecule has 0 spiro atoms. The van der Waals surface area contributed by atoms with Gasteiger partial charge in [0.05, 0.1) is 29.6 Å². The van der Waals surface area contributed by atoms with Crippen molar-refractivity contribution in [3.8, 4) is 0 Å². The topological polar surface area (TPSA) is 65.1 Å². The van der Waals surface area contributed by atoms with Gasteiger partial charge in [0, 0.05) is 6.54 Å². The van der Waals surface area contributed by atoms with E-state index < -0.39 is 0 Å². The summed E-state index contributed by atoms with van der Waals surface area (Å²) in [7, 11) is 0. The highest BCUT2D eigenvalue weighted by Crippen LogP contribution is 2.37. The molecule has 100 valence electrons. The van der Waals surface area contributed by atoms with Gasteiger partial charge in [-0.05, 0) is 32.6 Å². The molecule has 2 aliphatic heterocycles. The van der Waals surface area contributed by atoms with Crippen molar-refractivity contribution >= 4 is 11.5 Å². The summed E-state index contributed by atoms with van der Waals surface area (Å²) in [6.45, 7) is 5.02. The fourth-order valence-corrected chi connectivity index (χ4v) is 3.09. The molecule has 5 nitrogen and oxygen atoms in total. The summed E-state index contributed by atoms with van der Waals surface area (Å²) >= 11 is 0. The van der Waals surface area contributed by atoms with Gasteiger partial charge in [0.15, 0.2) is 0 Å². The number of nitrogens with zero attached hydrogens (tertiary/aromatic N) is 2. The van der Waals surface area contributed by atoms with E-state index in [0.29, 0.717) is 18.2 Å². The Morgan fingerprint density at radius 2 is 2.33 bits per heavy atom. The molecule has 1 aromatic heterocycles. The number of aromatic nitrogens is 2. The second kappa shape index (κ2) is 4.46. The highest BCUT2D eigenvalue weighted by molar-refractivity contribution is 5.65. The minimum absolute atomic E-state index is 0.361. The SMILES string of the molecule is CCCn1nc(C)c(N)c1NC1CC2CCC1O2. The minimum Gasteiger partial charge on any atom is -0.394 e. The quantitative estimate of drug-likeness (QED) is 0.856. The van der Waals surface area contributed by atoms with E-state index >= 15 is 0 Å². The Bertz CT molecular complexity index is 442. The van der Waals surface area contributed by atoms with Gasteiger partial charge in [0.2, 0.25) is 0 Å². The van der Waals surface area contributed by atoms with Gasteiger partial charge in [0.25, 0.3) is 0 Å². The Hall–Kier alpha value is -1.23. The molecule has 5 heteroatoms. The number of nitrogens with one attached hydrogen (secondary N) is 1. The van der Waals surface area contributed by atoms with E-state index in [2.05, 4.69) is 17.3 Å². The molecule has 3 N–H and O–H groups in total. The van der Waals surface area contributed by atoms with Crippen LogP contribution in [0.25, 0.3) is 0 Å². The summed E-state index contributed by atoms with van der Waals surface area (Å²) < 4.78 is 7.87. The van der Waals surface area contributed by atoms with E-state index in [1.54, 1.807) is 0 Å². The van der Waals surface area contributed by atoms with Crippen LogP contribution in [0.15, 0.2) is 0 Å². The molecule has 3 heterocycles. The Balaban J connectivity index is 1.79. The van der Waals surface area contributed by atoms with Crippen LogP contribution in [0.1, 0.15) is 38.3 Å². The van der Waals surface area contributed by atoms with Crippen molar-refractivity contribution in [2.45, 2.75) is 64.3 Å². The highest BCUT2D eigenvalue weighted by atomic mass is 16.5. The maximum absolute atomic E-state index is 6.12. The fraction of sp³-hybridized carbons (Fsp3) is 0.769. The molecule has 2 fully saturated rings. The van der Waals surface area contributed by atoms with Crippen molar-refractivity contribution in [3.63, 3.8) is 0 Å². The second-order valence-electron chi connectivity index (χ2n) is 5.43. The monoisotopic (exact) mass is 250 g/mol. The van der Waals surface area contributed by atoms with Crippen molar-refractivity contribution in [3.05, 3.63) is 5.69 Å². The number of anilines is 2. The third-order valence-electron chi connectivity index (χ3n) is 4.04.